The molecular weight excluding hydrogens is 227 g/mol. The molecule has 1 aliphatic rings. The van der Waals surface area contributed by atoms with E-state index in [1.54, 1.807) is 11.9 Å². The lowest BCUT2D eigenvalue weighted by Crippen LogP contribution is -2.30. The van der Waals surface area contributed by atoms with Crippen LogP contribution in [0, 0.1) is 0 Å². The number of hydrogen-bond acceptors (Lipinski definition) is 3. The molecule has 1 aliphatic heterocycles. The van der Waals surface area contributed by atoms with E-state index < -0.39 is 0 Å². The number of aryl methyl sites for hydroxylation is 1. The van der Waals surface area contributed by atoms with Crippen molar-refractivity contribution < 1.29 is 4.79 Å². The van der Waals surface area contributed by atoms with Gasteiger partial charge in [-0.1, -0.05) is 22.8 Å². The molecule has 0 saturated carbocycles. The fourth-order valence-corrected chi connectivity index (χ4v) is 2.25. The molecule has 0 aliphatic carbocycles. The Morgan fingerprint density at radius 3 is 3.00 bits per heavy atom. The summed E-state index contributed by atoms with van der Waals surface area (Å²) in [6, 6.07) is 5.62. The average molecular weight is 238 g/mol. The first kappa shape index (κ1) is 11.0. The second-order valence-corrected chi connectivity index (χ2v) is 4.34. The largest absolute Gasteiger partial charge is 0.306 e. The standard InChI is InChI=1S/C12H11BN4O/c1-16-11(7-14-15-16)12(18)17-5-4-8-6-9(13)2-3-10(8)17/h2-3,6-7H,4-5H2,1H3. The van der Waals surface area contributed by atoms with E-state index >= 15 is 0 Å². The zero-order valence-corrected chi connectivity index (χ0v) is 10.00. The zero-order valence-electron chi connectivity index (χ0n) is 10.00. The fourth-order valence-electron chi connectivity index (χ4n) is 2.25. The van der Waals surface area contributed by atoms with Crippen LogP contribution in [0.25, 0.3) is 0 Å². The molecule has 0 N–H and O–H groups in total. The van der Waals surface area contributed by atoms with E-state index in [1.165, 1.54) is 10.9 Å². The summed E-state index contributed by atoms with van der Waals surface area (Å²) >= 11 is 0. The molecule has 3 rings (SSSR count). The summed E-state index contributed by atoms with van der Waals surface area (Å²) in [6.45, 7) is 0.669. The SMILES string of the molecule is [B]c1ccc2c(c1)CCN2C(=O)c1cnnn1C. The third kappa shape index (κ3) is 1.61. The number of nitrogens with zero attached hydrogens (tertiary/aromatic N) is 4. The molecule has 0 spiro atoms. The van der Waals surface area contributed by atoms with Crippen LogP contribution in [0.4, 0.5) is 5.69 Å². The fraction of sp³-hybridized carbons (Fsp3) is 0.250. The van der Waals surface area contributed by atoms with E-state index in [9.17, 15) is 4.79 Å². The number of aromatic nitrogens is 3. The Hall–Kier alpha value is -2.11. The Kier molecular flexibility index (Phi) is 2.43. The van der Waals surface area contributed by atoms with Crippen molar-refractivity contribution in [2.75, 3.05) is 11.4 Å². The maximum Gasteiger partial charge on any atom is 0.278 e. The highest BCUT2D eigenvalue weighted by Crippen LogP contribution is 2.27. The van der Waals surface area contributed by atoms with E-state index in [-0.39, 0.29) is 5.91 Å². The van der Waals surface area contributed by atoms with Gasteiger partial charge >= 0.3 is 0 Å². The number of carbonyl (C=O) groups is 1. The van der Waals surface area contributed by atoms with Crippen LogP contribution < -0.4 is 10.4 Å². The van der Waals surface area contributed by atoms with Gasteiger partial charge in [0.1, 0.15) is 13.5 Å². The number of amides is 1. The highest BCUT2D eigenvalue weighted by Gasteiger charge is 2.27. The number of fused-ring (bicyclic) bond motifs is 1. The van der Waals surface area contributed by atoms with Gasteiger partial charge in [-0.25, -0.2) is 4.68 Å². The zero-order chi connectivity index (χ0) is 12.7. The molecule has 0 atom stereocenters. The molecule has 2 heterocycles. The quantitative estimate of drug-likeness (QED) is 0.647. The van der Waals surface area contributed by atoms with Crippen LogP contribution in [0.2, 0.25) is 0 Å². The number of anilines is 1. The molecule has 0 bridgehead atoms. The summed E-state index contributed by atoms with van der Waals surface area (Å²) < 4.78 is 1.48. The van der Waals surface area contributed by atoms with Crippen molar-refractivity contribution in [1.82, 2.24) is 15.0 Å². The van der Waals surface area contributed by atoms with Crippen LogP contribution in [0.3, 0.4) is 0 Å². The summed E-state index contributed by atoms with van der Waals surface area (Å²) in [5.74, 6) is -0.0778. The van der Waals surface area contributed by atoms with Gasteiger partial charge in [-0.05, 0) is 18.1 Å². The number of carbonyl (C=O) groups excluding carboxylic acids is 1. The van der Waals surface area contributed by atoms with Crippen molar-refractivity contribution in [2.45, 2.75) is 6.42 Å². The van der Waals surface area contributed by atoms with Gasteiger partial charge in [0.15, 0.2) is 0 Å². The lowest BCUT2D eigenvalue weighted by atomic mass is 9.93. The third-order valence-corrected chi connectivity index (χ3v) is 3.18. The number of hydrogen-bond donors (Lipinski definition) is 0. The van der Waals surface area contributed by atoms with E-state index in [0.717, 1.165) is 23.1 Å². The maximum absolute atomic E-state index is 12.4. The van der Waals surface area contributed by atoms with E-state index in [2.05, 4.69) is 10.3 Å². The smallest absolute Gasteiger partial charge is 0.278 e. The minimum absolute atomic E-state index is 0.0778. The lowest BCUT2D eigenvalue weighted by molar-refractivity contribution is 0.0980. The minimum atomic E-state index is -0.0778. The van der Waals surface area contributed by atoms with Crippen LogP contribution in [0.5, 0.6) is 0 Å². The molecule has 0 unspecified atom stereocenters. The summed E-state index contributed by atoms with van der Waals surface area (Å²) in [5, 5.41) is 7.51. The molecule has 18 heavy (non-hydrogen) atoms. The van der Waals surface area contributed by atoms with Crippen molar-refractivity contribution in [3.8, 4) is 0 Å². The Morgan fingerprint density at radius 1 is 1.44 bits per heavy atom. The number of rotatable bonds is 1. The van der Waals surface area contributed by atoms with Crippen LogP contribution in [0.1, 0.15) is 16.1 Å². The Balaban J connectivity index is 1.98. The van der Waals surface area contributed by atoms with Gasteiger partial charge < -0.3 is 4.90 Å². The highest BCUT2D eigenvalue weighted by atomic mass is 16.2. The molecule has 2 radical (unpaired) electrons. The number of benzene rings is 1. The summed E-state index contributed by atoms with van der Waals surface area (Å²) in [7, 11) is 7.45. The molecule has 0 saturated heterocycles. The maximum atomic E-state index is 12.4. The molecule has 1 aromatic heterocycles. The predicted molar refractivity (Wildman–Crippen MR) is 68.2 cm³/mol. The van der Waals surface area contributed by atoms with Crippen LogP contribution in [0.15, 0.2) is 24.4 Å². The van der Waals surface area contributed by atoms with Crippen molar-refractivity contribution in [2.24, 2.45) is 7.05 Å². The molecule has 6 heteroatoms. The summed E-state index contributed by atoms with van der Waals surface area (Å²) in [4.78, 5) is 14.1. The highest BCUT2D eigenvalue weighted by molar-refractivity contribution is 6.32. The minimum Gasteiger partial charge on any atom is -0.306 e. The molecule has 5 nitrogen and oxygen atoms in total. The molecule has 1 aromatic carbocycles. The first-order valence-corrected chi connectivity index (χ1v) is 5.72. The van der Waals surface area contributed by atoms with Crippen molar-refractivity contribution >= 4 is 24.9 Å². The van der Waals surface area contributed by atoms with Gasteiger partial charge in [0, 0.05) is 19.3 Å². The van der Waals surface area contributed by atoms with Gasteiger partial charge in [0.2, 0.25) is 0 Å². The van der Waals surface area contributed by atoms with Gasteiger partial charge in [-0.2, -0.15) is 0 Å². The summed E-state index contributed by atoms with van der Waals surface area (Å²) in [5.41, 5.74) is 3.25. The molecule has 2 aromatic rings. The van der Waals surface area contributed by atoms with Crippen molar-refractivity contribution in [3.05, 3.63) is 35.7 Å². The first-order chi connectivity index (χ1) is 8.66. The topological polar surface area (TPSA) is 51.0 Å². The second kappa shape index (κ2) is 3.98. The third-order valence-electron chi connectivity index (χ3n) is 3.18. The Labute approximate surface area is 106 Å². The van der Waals surface area contributed by atoms with Gasteiger partial charge in [-0.15, -0.1) is 5.10 Å². The average Bonchev–Trinajstić information content (AvgIpc) is 2.94. The van der Waals surface area contributed by atoms with Gasteiger partial charge in [-0.3, -0.25) is 4.79 Å². The van der Waals surface area contributed by atoms with Crippen LogP contribution in [-0.2, 0) is 13.5 Å². The van der Waals surface area contributed by atoms with E-state index in [0.29, 0.717) is 12.2 Å². The van der Waals surface area contributed by atoms with Crippen molar-refractivity contribution in [1.29, 1.82) is 0 Å². The van der Waals surface area contributed by atoms with Gasteiger partial charge in [0.05, 0.1) is 6.20 Å². The van der Waals surface area contributed by atoms with E-state index in [4.69, 9.17) is 7.85 Å². The Morgan fingerprint density at radius 2 is 2.28 bits per heavy atom. The molecule has 0 fully saturated rings. The predicted octanol–water partition coefficient (Wildman–Crippen LogP) is -0.188. The van der Waals surface area contributed by atoms with E-state index in [1.807, 2.05) is 18.2 Å². The normalized spacial score (nSPS) is 13.7. The Bertz CT molecular complexity index is 622. The molecular formula is C12H11BN4O. The molecule has 1 amide bonds. The van der Waals surface area contributed by atoms with Gasteiger partial charge in [0.25, 0.3) is 5.91 Å². The van der Waals surface area contributed by atoms with Crippen LogP contribution >= 0.6 is 0 Å². The monoisotopic (exact) mass is 238 g/mol. The lowest BCUT2D eigenvalue weighted by Gasteiger charge is -2.16. The first-order valence-electron chi connectivity index (χ1n) is 5.72. The summed E-state index contributed by atoms with van der Waals surface area (Å²) in [6.07, 6.45) is 2.31. The van der Waals surface area contributed by atoms with Crippen molar-refractivity contribution in [3.63, 3.8) is 0 Å². The van der Waals surface area contributed by atoms with Crippen LogP contribution in [-0.4, -0.2) is 35.3 Å². The second-order valence-electron chi connectivity index (χ2n) is 4.34. The molecule has 88 valence electrons.